The molecule has 4 nitrogen and oxygen atoms in total. The van der Waals surface area contributed by atoms with Gasteiger partial charge in [-0.1, -0.05) is 72.8 Å². The molecule has 31 heavy (non-hydrogen) atoms. The van der Waals surface area contributed by atoms with Crippen LogP contribution in [0.1, 0.15) is 0 Å². The first kappa shape index (κ1) is 23.2. The summed E-state index contributed by atoms with van der Waals surface area (Å²) >= 11 is 0. The molecule has 0 bridgehead atoms. The van der Waals surface area contributed by atoms with Gasteiger partial charge in [-0.3, -0.25) is 0 Å². The number of nitrogens with two attached hydrogens (primary N) is 2. The first-order chi connectivity index (χ1) is 15.2. The van der Waals surface area contributed by atoms with Crippen molar-refractivity contribution in [2.45, 2.75) is 0 Å². The van der Waals surface area contributed by atoms with Gasteiger partial charge < -0.3 is 11.5 Å². The van der Waals surface area contributed by atoms with Crippen LogP contribution >= 0.6 is 7.26 Å². The van der Waals surface area contributed by atoms with Gasteiger partial charge in [0, 0.05) is 0 Å². The molecule has 0 spiro atoms. The van der Waals surface area contributed by atoms with Gasteiger partial charge in [-0.25, -0.2) is 0 Å². The zero-order chi connectivity index (χ0) is 22.4. The summed E-state index contributed by atoms with van der Waals surface area (Å²) in [6.45, 7) is 0. The standard InChI is InChI=1S/C24H20P.2CH2N2/c1-5-13-21(14-6-1)25(22-15-7-2-8-16-22,23-17-9-3-10-18-23)24-19-11-4-12-20-24;2*2-1-3/h1-20H;2*2H2/q+1;;. The molecule has 4 N–H and O–H groups in total. The van der Waals surface area contributed by atoms with Gasteiger partial charge >= 0.3 is 0 Å². The van der Waals surface area contributed by atoms with E-state index >= 15 is 0 Å². The van der Waals surface area contributed by atoms with Crippen LogP contribution < -0.4 is 32.7 Å². The van der Waals surface area contributed by atoms with Crippen molar-refractivity contribution in [2.75, 3.05) is 0 Å². The van der Waals surface area contributed by atoms with E-state index < -0.39 is 7.26 Å². The first-order valence-electron chi connectivity index (χ1n) is 9.56. The largest absolute Gasteiger partial charge is 0.337 e. The number of hydrogen-bond donors (Lipinski definition) is 2. The van der Waals surface area contributed by atoms with Gasteiger partial charge in [-0.2, -0.15) is 10.5 Å². The van der Waals surface area contributed by atoms with Crippen LogP contribution in [0.2, 0.25) is 0 Å². The van der Waals surface area contributed by atoms with Gasteiger partial charge in [0.25, 0.3) is 0 Å². The normalized spacial score (nSPS) is 9.48. The lowest BCUT2D eigenvalue weighted by atomic mass is 10.3. The fraction of sp³-hybridized carbons (Fsp3) is 0. The SMILES string of the molecule is N#CN.N#CN.c1ccc([P+](c2ccccc2)(c2ccccc2)c2ccccc2)cc1. The van der Waals surface area contributed by atoms with Gasteiger partial charge in [-0.05, 0) is 48.5 Å². The molecule has 0 amide bonds. The third-order valence-electron chi connectivity index (χ3n) is 4.57. The van der Waals surface area contributed by atoms with Crippen LogP contribution in [0.3, 0.4) is 0 Å². The quantitative estimate of drug-likeness (QED) is 0.299. The molecule has 4 rings (SSSR count). The molecule has 0 heterocycles. The molecule has 0 fully saturated rings. The molecule has 0 unspecified atom stereocenters. The van der Waals surface area contributed by atoms with Crippen LogP contribution in [0.5, 0.6) is 0 Å². The summed E-state index contributed by atoms with van der Waals surface area (Å²) in [4.78, 5) is 0. The Balaban J connectivity index is 0.000000513. The monoisotopic (exact) mass is 423 g/mol. The maximum absolute atomic E-state index is 7.10. The van der Waals surface area contributed by atoms with E-state index in [0.29, 0.717) is 0 Å². The summed E-state index contributed by atoms with van der Waals surface area (Å²) in [6.07, 6.45) is 2.50. The van der Waals surface area contributed by atoms with Gasteiger partial charge in [0.1, 0.15) is 28.5 Å². The van der Waals surface area contributed by atoms with E-state index in [0.717, 1.165) is 0 Å². The number of rotatable bonds is 4. The predicted molar refractivity (Wildman–Crippen MR) is 131 cm³/mol. The Labute approximate surface area is 184 Å². The van der Waals surface area contributed by atoms with Crippen LogP contribution in [0, 0.1) is 22.9 Å². The van der Waals surface area contributed by atoms with E-state index in [1.807, 2.05) is 0 Å². The van der Waals surface area contributed by atoms with Crippen molar-refractivity contribution in [3.63, 3.8) is 0 Å². The zero-order valence-electron chi connectivity index (χ0n) is 17.0. The number of benzene rings is 4. The Bertz CT molecular complexity index is 929. The lowest BCUT2D eigenvalue weighted by Gasteiger charge is -2.27. The number of hydrogen-bond acceptors (Lipinski definition) is 4. The average molecular weight is 423 g/mol. The maximum Gasteiger partial charge on any atom is 0.173 e. The van der Waals surface area contributed by atoms with Crippen molar-refractivity contribution in [3.8, 4) is 12.4 Å². The van der Waals surface area contributed by atoms with Crippen molar-refractivity contribution >= 4 is 28.5 Å². The van der Waals surface area contributed by atoms with Gasteiger partial charge in [0.2, 0.25) is 0 Å². The topological polar surface area (TPSA) is 99.6 Å². The highest BCUT2D eigenvalue weighted by atomic mass is 31.2. The first-order valence-corrected chi connectivity index (χ1v) is 11.4. The molecule has 0 atom stereocenters. The second-order valence-corrected chi connectivity index (χ2v) is 9.68. The van der Waals surface area contributed by atoms with Crippen LogP contribution in [0.15, 0.2) is 121 Å². The molecule has 0 aliphatic carbocycles. The summed E-state index contributed by atoms with van der Waals surface area (Å²) in [6, 6.07) is 43.8. The Morgan fingerprint density at radius 2 is 0.581 bits per heavy atom. The summed E-state index contributed by atoms with van der Waals surface area (Å²) in [7, 11) is -1.91. The van der Waals surface area contributed by atoms with Gasteiger partial charge in [0.05, 0.1) is 0 Å². The van der Waals surface area contributed by atoms with Crippen molar-refractivity contribution in [1.82, 2.24) is 0 Å². The molecule has 5 heteroatoms. The molecule has 4 aromatic carbocycles. The van der Waals surface area contributed by atoms with E-state index in [1.165, 1.54) is 33.6 Å². The smallest absolute Gasteiger partial charge is 0.173 e. The van der Waals surface area contributed by atoms with E-state index in [4.69, 9.17) is 10.5 Å². The van der Waals surface area contributed by atoms with Gasteiger partial charge in [0.15, 0.2) is 12.4 Å². The molecule has 0 aliphatic rings. The highest BCUT2D eigenvalue weighted by Gasteiger charge is 2.47. The predicted octanol–water partition coefficient (Wildman–Crippen LogP) is 3.16. The van der Waals surface area contributed by atoms with Crippen molar-refractivity contribution in [2.24, 2.45) is 11.5 Å². The minimum atomic E-state index is -1.91. The fourth-order valence-corrected chi connectivity index (χ4v) is 7.77. The third kappa shape index (κ3) is 5.49. The van der Waals surface area contributed by atoms with E-state index in [-0.39, 0.29) is 0 Å². The molecule has 0 saturated carbocycles. The number of nitrogens with zero attached hydrogens (tertiary/aromatic N) is 2. The minimum absolute atomic E-state index is 1.25. The second-order valence-electron chi connectivity index (χ2n) is 6.27. The molecule has 152 valence electrons. The molecular weight excluding hydrogens is 399 g/mol. The Kier molecular flexibility index (Phi) is 9.31. The van der Waals surface area contributed by atoms with E-state index in [2.05, 4.69) is 133 Å². The molecule has 0 radical (unpaired) electrons. The Morgan fingerprint density at radius 3 is 0.742 bits per heavy atom. The lowest BCUT2D eigenvalue weighted by Crippen LogP contribution is -2.38. The Morgan fingerprint density at radius 1 is 0.419 bits per heavy atom. The lowest BCUT2D eigenvalue weighted by molar-refractivity contribution is 1.45. The average Bonchev–Trinajstić information content (AvgIpc) is 2.84. The van der Waals surface area contributed by atoms with E-state index in [1.54, 1.807) is 0 Å². The Hall–Kier alpha value is -4.11. The van der Waals surface area contributed by atoms with Crippen LogP contribution in [0.25, 0.3) is 0 Å². The van der Waals surface area contributed by atoms with Gasteiger partial charge in [-0.15, -0.1) is 0 Å². The number of nitriles is 2. The van der Waals surface area contributed by atoms with Crippen LogP contribution in [-0.2, 0) is 0 Å². The highest BCUT2D eigenvalue weighted by molar-refractivity contribution is 8.01. The fourth-order valence-electron chi connectivity index (χ4n) is 3.50. The van der Waals surface area contributed by atoms with Crippen LogP contribution in [0.4, 0.5) is 0 Å². The zero-order valence-corrected chi connectivity index (χ0v) is 17.9. The van der Waals surface area contributed by atoms with Crippen molar-refractivity contribution < 1.29 is 0 Å². The van der Waals surface area contributed by atoms with Crippen LogP contribution in [-0.4, -0.2) is 0 Å². The van der Waals surface area contributed by atoms with E-state index in [9.17, 15) is 0 Å². The highest BCUT2D eigenvalue weighted by Crippen LogP contribution is 2.53. The molecular formula is C26H24N4P+. The third-order valence-corrected chi connectivity index (χ3v) is 8.86. The summed E-state index contributed by atoms with van der Waals surface area (Å²) in [5.74, 6) is 0. The molecule has 0 aromatic heterocycles. The minimum Gasteiger partial charge on any atom is -0.337 e. The van der Waals surface area contributed by atoms with Crippen molar-refractivity contribution in [3.05, 3.63) is 121 Å². The second kappa shape index (κ2) is 12.5. The maximum atomic E-state index is 7.10. The molecule has 4 aromatic rings. The molecule has 0 aliphatic heterocycles. The van der Waals surface area contributed by atoms with Crippen molar-refractivity contribution in [1.29, 1.82) is 10.5 Å². The summed E-state index contributed by atoms with van der Waals surface area (Å²) in [5.41, 5.74) is 8.31. The molecule has 0 saturated heterocycles. The summed E-state index contributed by atoms with van der Waals surface area (Å²) < 4.78 is 0. The summed E-state index contributed by atoms with van der Waals surface area (Å²) in [5, 5.41) is 19.7.